The van der Waals surface area contributed by atoms with Crippen molar-refractivity contribution in [3.05, 3.63) is 35.9 Å². The molecular formula is C20H28N2O5. The Morgan fingerprint density at radius 2 is 1.52 bits per heavy atom. The van der Waals surface area contributed by atoms with Crippen molar-refractivity contribution in [1.29, 1.82) is 0 Å². The molecule has 3 rings (SSSR count). The highest BCUT2D eigenvalue weighted by Gasteiger charge is 2.29. The fraction of sp³-hybridized carbons (Fsp3) is 0.550. The third-order valence-corrected chi connectivity index (χ3v) is 4.95. The van der Waals surface area contributed by atoms with Crippen LogP contribution in [0.4, 0.5) is 0 Å². The Hall–Kier alpha value is -2.41. The zero-order chi connectivity index (χ0) is 19.6. The van der Waals surface area contributed by atoms with Crippen LogP contribution < -0.4 is 0 Å². The first-order valence-corrected chi connectivity index (χ1v) is 9.48. The van der Waals surface area contributed by atoms with Crippen LogP contribution in [0.25, 0.3) is 0 Å². The lowest BCUT2D eigenvalue weighted by Gasteiger charge is -2.36. The molecular weight excluding hydrogens is 348 g/mol. The highest BCUT2D eigenvalue weighted by molar-refractivity contribution is 6.27. The Balaban J connectivity index is 0.000000380. The molecule has 7 nitrogen and oxygen atoms in total. The van der Waals surface area contributed by atoms with Crippen molar-refractivity contribution in [2.24, 2.45) is 5.92 Å². The average Bonchev–Trinajstić information content (AvgIpc) is 2.69. The van der Waals surface area contributed by atoms with Gasteiger partial charge in [0.15, 0.2) is 0 Å². The summed E-state index contributed by atoms with van der Waals surface area (Å²) in [7, 11) is 0. The number of benzene rings is 1. The van der Waals surface area contributed by atoms with Gasteiger partial charge in [0, 0.05) is 26.2 Å². The van der Waals surface area contributed by atoms with Crippen LogP contribution in [-0.2, 0) is 20.9 Å². The number of aliphatic carboxylic acids is 2. The van der Waals surface area contributed by atoms with Crippen LogP contribution in [-0.4, -0.2) is 64.0 Å². The second-order valence-corrected chi connectivity index (χ2v) is 7.06. The number of hydrogen-bond acceptors (Lipinski definition) is 4. The SMILES string of the molecule is O=C(C1CCCN(Cc2ccccc2)C1)N1CCCCC1.O=C(O)C(=O)O. The van der Waals surface area contributed by atoms with E-state index in [0.717, 1.165) is 45.6 Å². The van der Waals surface area contributed by atoms with Crippen molar-refractivity contribution >= 4 is 17.8 Å². The summed E-state index contributed by atoms with van der Waals surface area (Å²) < 4.78 is 0. The van der Waals surface area contributed by atoms with E-state index in [1.165, 1.54) is 24.8 Å². The number of hydrogen-bond donors (Lipinski definition) is 2. The Morgan fingerprint density at radius 3 is 2.11 bits per heavy atom. The molecule has 0 aliphatic carbocycles. The summed E-state index contributed by atoms with van der Waals surface area (Å²) in [5.74, 6) is -3.02. The van der Waals surface area contributed by atoms with Crippen molar-refractivity contribution in [2.45, 2.75) is 38.6 Å². The molecule has 1 aromatic carbocycles. The van der Waals surface area contributed by atoms with E-state index < -0.39 is 11.9 Å². The summed E-state index contributed by atoms with van der Waals surface area (Å²) in [6, 6.07) is 10.6. The van der Waals surface area contributed by atoms with Crippen LogP contribution in [0.1, 0.15) is 37.7 Å². The molecule has 27 heavy (non-hydrogen) atoms. The fourth-order valence-corrected chi connectivity index (χ4v) is 3.61. The molecule has 2 aliphatic heterocycles. The van der Waals surface area contributed by atoms with Gasteiger partial charge in [-0.25, -0.2) is 9.59 Å². The van der Waals surface area contributed by atoms with Crippen LogP contribution in [0, 0.1) is 5.92 Å². The molecule has 2 N–H and O–H groups in total. The first-order valence-electron chi connectivity index (χ1n) is 9.48. The molecule has 2 aliphatic rings. The Morgan fingerprint density at radius 1 is 0.889 bits per heavy atom. The zero-order valence-corrected chi connectivity index (χ0v) is 15.5. The van der Waals surface area contributed by atoms with Gasteiger partial charge in [0.1, 0.15) is 0 Å². The Kier molecular flexibility index (Phi) is 8.26. The Labute approximate surface area is 159 Å². The summed E-state index contributed by atoms with van der Waals surface area (Å²) in [5, 5.41) is 14.8. The number of rotatable bonds is 3. The zero-order valence-electron chi connectivity index (χ0n) is 15.5. The minimum absolute atomic E-state index is 0.223. The number of carboxylic acid groups (broad SMARTS) is 2. The maximum atomic E-state index is 12.7. The van der Waals surface area contributed by atoms with Crippen LogP contribution in [0.3, 0.4) is 0 Å². The van der Waals surface area contributed by atoms with E-state index in [0.29, 0.717) is 5.91 Å². The smallest absolute Gasteiger partial charge is 0.414 e. The predicted molar refractivity (Wildman–Crippen MR) is 100 cm³/mol. The molecule has 1 atom stereocenters. The quantitative estimate of drug-likeness (QED) is 0.784. The number of carboxylic acids is 2. The summed E-state index contributed by atoms with van der Waals surface area (Å²) in [4.78, 5) is 35.4. The van der Waals surface area contributed by atoms with E-state index in [-0.39, 0.29) is 5.92 Å². The molecule has 0 aromatic heterocycles. The molecule has 148 valence electrons. The van der Waals surface area contributed by atoms with E-state index in [1.54, 1.807) is 0 Å². The Bertz CT molecular complexity index is 617. The topological polar surface area (TPSA) is 98.2 Å². The van der Waals surface area contributed by atoms with Crippen LogP contribution in [0.5, 0.6) is 0 Å². The van der Waals surface area contributed by atoms with Crippen molar-refractivity contribution in [1.82, 2.24) is 9.80 Å². The first kappa shape index (κ1) is 20.9. The standard InChI is InChI=1S/C18H26N2O.C2H2O4/c21-18(20-12-5-2-6-13-20)17-10-7-11-19(15-17)14-16-8-3-1-4-9-16;3-1(4)2(5)6/h1,3-4,8-9,17H,2,5-7,10-15H2;(H,3,4)(H,5,6). The van der Waals surface area contributed by atoms with Crippen molar-refractivity contribution in [3.8, 4) is 0 Å². The van der Waals surface area contributed by atoms with Gasteiger partial charge in [-0.3, -0.25) is 9.69 Å². The number of carbonyl (C=O) groups is 3. The highest BCUT2D eigenvalue weighted by Crippen LogP contribution is 2.22. The maximum Gasteiger partial charge on any atom is 0.414 e. The minimum atomic E-state index is -1.82. The van der Waals surface area contributed by atoms with Gasteiger partial charge in [-0.2, -0.15) is 0 Å². The minimum Gasteiger partial charge on any atom is -0.473 e. The monoisotopic (exact) mass is 376 g/mol. The molecule has 0 saturated carbocycles. The number of nitrogens with zero attached hydrogens (tertiary/aromatic N) is 2. The number of piperidine rings is 2. The first-order chi connectivity index (χ1) is 13.0. The average molecular weight is 376 g/mol. The predicted octanol–water partition coefficient (Wildman–Crippen LogP) is 2.07. The molecule has 2 heterocycles. The van der Waals surface area contributed by atoms with E-state index >= 15 is 0 Å². The normalized spacial score (nSPS) is 20.3. The lowest BCUT2D eigenvalue weighted by molar-refractivity contribution is -0.159. The third kappa shape index (κ3) is 7.02. The molecule has 1 amide bonds. The van der Waals surface area contributed by atoms with Crippen LogP contribution in [0.2, 0.25) is 0 Å². The third-order valence-electron chi connectivity index (χ3n) is 4.95. The molecule has 0 bridgehead atoms. The van der Waals surface area contributed by atoms with E-state index in [4.69, 9.17) is 19.8 Å². The molecule has 0 spiro atoms. The van der Waals surface area contributed by atoms with Gasteiger partial charge >= 0.3 is 11.9 Å². The maximum absolute atomic E-state index is 12.7. The number of amides is 1. The summed E-state index contributed by atoms with van der Waals surface area (Å²) in [6.45, 7) is 5.00. The van der Waals surface area contributed by atoms with E-state index in [9.17, 15) is 4.79 Å². The second-order valence-electron chi connectivity index (χ2n) is 7.06. The summed E-state index contributed by atoms with van der Waals surface area (Å²) >= 11 is 0. The fourth-order valence-electron chi connectivity index (χ4n) is 3.61. The molecule has 2 fully saturated rings. The molecule has 1 unspecified atom stereocenters. The number of likely N-dealkylation sites (tertiary alicyclic amines) is 2. The molecule has 1 aromatic rings. The molecule has 2 saturated heterocycles. The van der Waals surface area contributed by atoms with Gasteiger partial charge in [0.2, 0.25) is 5.91 Å². The van der Waals surface area contributed by atoms with Gasteiger partial charge in [-0.05, 0) is 44.2 Å². The van der Waals surface area contributed by atoms with Crippen molar-refractivity contribution in [2.75, 3.05) is 26.2 Å². The lowest BCUT2D eigenvalue weighted by atomic mass is 9.95. The van der Waals surface area contributed by atoms with Crippen molar-refractivity contribution in [3.63, 3.8) is 0 Å². The second kappa shape index (κ2) is 10.7. The summed E-state index contributed by atoms with van der Waals surface area (Å²) in [6.07, 6.45) is 5.88. The van der Waals surface area contributed by atoms with Gasteiger partial charge in [-0.1, -0.05) is 30.3 Å². The highest BCUT2D eigenvalue weighted by atomic mass is 16.4. The van der Waals surface area contributed by atoms with Gasteiger partial charge in [0.05, 0.1) is 5.92 Å². The largest absolute Gasteiger partial charge is 0.473 e. The van der Waals surface area contributed by atoms with Gasteiger partial charge in [0.25, 0.3) is 0 Å². The number of carbonyl (C=O) groups excluding carboxylic acids is 1. The lowest BCUT2D eigenvalue weighted by Crippen LogP contribution is -2.46. The van der Waals surface area contributed by atoms with E-state index in [1.807, 2.05) is 0 Å². The van der Waals surface area contributed by atoms with Gasteiger partial charge in [-0.15, -0.1) is 0 Å². The van der Waals surface area contributed by atoms with Crippen LogP contribution >= 0.6 is 0 Å². The van der Waals surface area contributed by atoms with Crippen molar-refractivity contribution < 1.29 is 24.6 Å². The van der Waals surface area contributed by atoms with E-state index in [2.05, 4.69) is 40.1 Å². The molecule has 7 heteroatoms. The van der Waals surface area contributed by atoms with Crippen LogP contribution in [0.15, 0.2) is 30.3 Å². The molecule has 0 radical (unpaired) electrons. The van der Waals surface area contributed by atoms with Gasteiger partial charge < -0.3 is 15.1 Å². The summed E-state index contributed by atoms with van der Waals surface area (Å²) in [5.41, 5.74) is 1.35.